The van der Waals surface area contributed by atoms with Gasteiger partial charge in [0.25, 0.3) is 5.91 Å². The smallest absolute Gasteiger partial charge is 0.254 e. The van der Waals surface area contributed by atoms with E-state index in [9.17, 15) is 9.59 Å². The molecule has 0 unspecified atom stereocenters. The molecule has 210 valence electrons. The van der Waals surface area contributed by atoms with Crippen LogP contribution in [-0.4, -0.2) is 86.6 Å². The molecule has 1 saturated heterocycles. The van der Waals surface area contributed by atoms with Crippen LogP contribution in [-0.2, 0) is 4.79 Å². The number of carbonyl (C=O) groups is 2. The third kappa shape index (κ3) is 5.07. The van der Waals surface area contributed by atoms with Crippen molar-refractivity contribution in [3.63, 3.8) is 0 Å². The molecule has 2 aromatic carbocycles. The lowest BCUT2D eigenvalue weighted by Crippen LogP contribution is -2.54. The lowest BCUT2D eigenvalue weighted by Gasteiger charge is -2.45. The highest BCUT2D eigenvalue weighted by atomic mass is 16.5. The van der Waals surface area contributed by atoms with Crippen molar-refractivity contribution in [3.05, 3.63) is 53.1 Å². The van der Waals surface area contributed by atoms with Crippen LogP contribution in [0.1, 0.15) is 72.5 Å². The number of nitrogens with zero attached hydrogens (tertiary/aromatic N) is 3. The molecule has 2 aliphatic heterocycles. The maximum Gasteiger partial charge on any atom is 0.254 e. The van der Waals surface area contributed by atoms with Gasteiger partial charge in [-0.25, -0.2) is 0 Å². The highest BCUT2D eigenvalue weighted by Gasteiger charge is 2.46. The SMILES string of the molecule is CCCN1C(=O)c2ccccc2[C@H](C(=O)N2CCN(C3CCCC3)CC2)[C@@H]1c1cc(OC)c(OC)c(OC)c1. The maximum absolute atomic E-state index is 14.5. The van der Waals surface area contributed by atoms with Gasteiger partial charge >= 0.3 is 0 Å². The van der Waals surface area contributed by atoms with Crippen LogP contribution < -0.4 is 14.2 Å². The molecule has 8 nitrogen and oxygen atoms in total. The van der Waals surface area contributed by atoms with E-state index in [2.05, 4.69) is 11.8 Å². The first kappa shape index (κ1) is 27.3. The van der Waals surface area contributed by atoms with Crippen molar-refractivity contribution in [1.82, 2.24) is 14.7 Å². The number of ether oxygens (including phenoxy) is 3. The first-order chi connectivity index (χ1) is 19.0. The van der Waals surface area contributed by atoms with Gasteiger partial charge in [0.1, 0.15) is 0 Å². The van der Waals surface area contributed by atoms with E-state index in [1.54, 1.807) is 21.3 Å². The van der Waals surface area contributed by atoms with Crippen molar-refractivity contribution in [2.45, 2.75) is 57.0 Å². The van der Waals surface area contributed by atoms with Crippen LogP contribution in [0, 0.1) is 0 Å². The molecule has 0 bridgehead atoms. The molecule has 2 fully saturated rings. The van der Waals surface area contributed by atoms with Gasteiger partial charge in [0.15, 0.2) is 11.5 Å². The standard InChI is InChI=1S/C31H41N3O5/c1-5-14-34-28(21-19-25(37-2)29(39-4)26(20-21)38-3)27(23-12-8-9-13-24(23)30(34)35)31(36)33-17-15-32(16-18-33)22-10-6-7-11-22/h8-9,12-13,19-20,22,27-28H,5-7,10-11,14-18H2,1-4H3/t27-,28-/m0/s1. The van der Waals surface area contributed by atoms with Crippen LogP contribution in [0.15, 0.2) is 36.4 Å². The van der Waals surface area contributed by atoms with E-state index in [-0.39, 0.29) is 11.8 Å². The Morgan fingerprint density at radius 3 is 2.15 bits per heavy atom. The van der Waals surface area contributed by atoms with Crippen molar-refractivity contribution in [2.24, 2.45) is 0 Å². The summed E-state index contributed by atoms with van der Waals surface area (Å²) in [5.41, 5.74) is 2.19. The Morgan fingerprint density at radius 2 is 1.56 bits per heavy atom. The molecule has 8 heteroatoms. The topological polar surface area (TPSA) is 71.6 Å². The van der Waals surface area contributed by atoms with E-state index < -0.39 is 12.0 Å². The third-order valence-electron chi connectivity index (χ3n) is 8.66. The van der Waals surface area contributed by atoms with Crippen LogP contribution in [0.5, 0.6) is 17.2 Å². The van der Waals surface area contributed by atoms with Gasteiger partial charge in [0.05, 0.1) is 33.3 Å². The van der Waals surface area contributed by atoms with E-state index in [0.717, 1.165) is 30.6 Å². The van der Waals surface area contributed by atoms with Gasteiger partial charge in [-0.2, -0.15) is 0 Å². The second-order valence-corrected chi connectivity index (χ2v) is 10.8. The summed E-state index contributed by atoms with van der Waals surface area (Å²) in [7, 11) is 4.73. The van der Waals surface area contributed by atoms with Gasteiger partial charge in [-0.1, -0.05) is 38.0 Å². The molecule has 0 spiro atoms. The molecular weight excluding hydrogens is 494 g/mol. The van der Waals surface area contributed by atoms with Gasteiger partial charge < -0.3 is 24.0 Å². The molecule has 2 atom stereocenters. The highest BCUT2D eigenvalue weighted by molar-refractivity contribution is 6.01. The predicted octanol–water partition coefficient (Wildman–Crippen LogP) is 4.49. The Hall–Kier alpha value is -3.26. The molecule has 2 amide bonds. The number of fused-ring (bicyclic) bond motifs is 1. The molecule has 5 rings (SSSR count). The number of rotatable bonds is 8. The van der Waals surface area contributed by atoms with Crippen LogP contribution in [0.3, 0.4) is 0 Å². The average molecular weight is 536 g/mol. The van der Waals surface area contributed by atoms with Gasteiger partial charge in [-0.15, -0.1) is 0 Å². The maximum atomic E-state index is 14.5. The number of amides is 2. The van der Waals surface area contributed by atoms with Gasteiger partial charge in [0.2, 0.25) is 11.7 Å². The van der Waals surface area contributed by atoms with E-state index in [0.29, 0.717) is 48.5 Å². The Bertz CT molecular complexity index is 1160. The molecular formula is C31H41N3O5. The number of carbonyl (C=O) groups excluding carboxylic acids is 2. The minimum absolute atomic E-state index is 0.0543. The zero-order valence-electron chi connectivity index (χ0n) is 23.7. The zero-order chi connectivity index (χ0) is 27.5. The fraction of sp³-hybridized carbons (Fsp3) is 0.548. The Balaban J connectivity index is 1.56. The van der Waals surface area contributed by atoms with Crippen LogP contribution >= 0.6 is 0 Å². The normalized spacial score (nSPS) is 22.1. The second kappa shape index (κ2) is 11.9. The quantitative estimate of drug-likeness (QED) is 0.496. The zero-order valence-corrected chi connectivity index (χ0v) is 23.7. The highest BCUT2D eigenvalue weighted by Crippen LogP contribution is 2.48. The summed E-state index contributed by atoms with van der Waals surface area (Å²) in [4.78, 5) is 34.8. The molecule has 2 aromatic rings. The molecule has 39 heavy (non-hydrogen) atoms. The van der Waals surface area contributed by atoms with Gasteiger partial charge in [-0.05, 0) is 48.6 Å². The first-order valence-electron chi connectivity index (χ1n) is 14.2. The van der Waals surface area contributed by atoms with E-state index >= 15 is 0 Å². The number of hydrogen-bond acceptors (Lipinski definition) is 6. The van der Waals surface area contributed by atoms with Crippen molar-refractivity contribution >= 4 is 11.8 Å². The van der Waals surface area contributed by atoms with E-state index in [1.165, 1.54) is 25.7 Å². The summed E-state index contributed by atoms with van der Waals surface area (Å²) in [6.07, 6.45) is 5.92. The fourth-order valence-corrected chi connectivity index (χ4v) is 6.76. The number of methoxy groups -OCH3 is 3. The Kier molecular flexibility index (Phi) is 8.31. The monoisotopic (exact) mass is 535 g/mol. The number of benzene rings is 2. The van der Waals surface area contributed by atoms with Crippen LogP contribution in [0.2, 0.25) is 0 Å². The fourth-order valence-electron chi connectivity index (χ4n) is 6.76. The summed E-state index contributed by atoms with van der Waals surface area (Å²) in [5.74, 6) is 0.977. The molecule has 0 radical (unpaired) electrons. The summed E-state index contributed by atoms with van der Waals surface area (Å²) in [5, 5.41) is 0. The lowest BCUT2D eigenvalue weighted by molar-refractivity contribution is -0.136. The van der Waals surface area contributed by atoms with E-state index in [4.69, 9.17) is 14.2 Å². The molecule has 0 aromatic heterocycles. The molecule has 1 aliphatic carbocycles. The minimum atomic E-state index is -0.536. The predicted molar refractivity (Wildman–Crippen MR) is 150 cm³/mol. The first-order valence-corrected chi connectivity index (χ1v) is 14.2. The largest absolute Gasteiger partial charge is 0.493 e. The molecule has 1 saturated carbocycles. The van der Waals surface area contributed by atoms with E-state index in [1.807, 2.05) is 46.2 Å². The van der Waals surface area contributed by atoms with Gasteiger partial charge in [0, 0.05) is 44.3 Å². The third-order valence-corrected chi connectivity index (χ3v) is 8.66. The van der Waals surface area contributed by atoms with Gasteiger partial charge in [-0.3, -0.25) is 14.5 Å². The molecule has 2 heterocycles. The minimum Gasteiger partial charge on any atom is -0.493 e. The molecule has 0 N–H and O–H groups in total. The molecule has 3 aliphatic rings. The summed E-state index contributed by atoms with van der Waals surface area (Å²) < 4.78 is 16.9. The number of hydrogen-bond donors (Lipinski definition) is 0. The average Bonchev–Trinajstić information content (AvgIpc) is 3.52. The van der Waals surface area contributed by atoms with Crippen molar-refractivity contribution in [3.8, 4) is 17.2 Å². The lowest BCUT2D eigenvalue weighted by atomic mass is 9.78. The van der Waals surface area contributed by atoms with Crippen LogP contribution in [0.4, 0.5) is 0 Å². The Labute approximate surface area is 231 Å². The second-order valence-electron chi connectivity index (χ2n) is 10.8. The number of piperazine rings is 1. The Morgan fingerprint density at radius 1 is 0.923 bits per heavy atom. The van der Waals surface area contributed by atoms with Crippen LogP contribution in [0.25, 0.3) is 0 Å². The summed E-state index contributed by atoms with van der Waals surface area (Å²) in [6, 6.07) is 11.5. The summed E-state index contributed by atoms with van der Waals surface area (Å²) in [6.45, 7) is 5.80. The van der Waals surface area contributed by atoms with Crippen molar-refractivity contribution < 1.29 is 23.8 Å². The van der Waals surface area contributed by atoms with Crippen molar-refractivity contribution in [1.29, 1.82) is 0 Å². The summed E-state index contributed by atoms with van der Waals surface area (Å²) >= 11 is 0. The van der Waals surface area contributed by atoms with Crippen molar-refractivity contribution in [2.75, 3.05) is 54.1 Å².